The average molecular weight is 463 g/mol. The van der Waals surface area contributed by atoms with E-state index >= 15 is 0 Å². The summed E-state index contributed by atoms with van der Waals surface area (Å²) in [6.45, 7) is 13.9. The second-order valence-electron chi connectivity index (χ2n) is 10.3. The molecule has 0 bridgehead atoms. The molecule has 34 heavy (non-hydrogen) atoms. The zero-order valence-electron chi connectivity index (χ0n) is 21.3. The quantitative estimate of drug-likeness (QED) is 0.497. The lowest BCUT2D eigenvalue weighted by Gasteiger charge is -2.35. The Hall–Kier alpha value is -2.96. The molecule has 0 radical (unpaired) electrons. The summed E-state index contributed by atoms with van der Waals surface area (Å²) < 4.78 is 1.83. The molecule has 0 aliphatic carbocycles. The molecule has 7 heteroatoms. The summed E-state index contributed by atoms with van der Waals surface area (Å²) in [7, 11) is 0. The van der Waals surface area contributed by atoms with E-state index in [4.69, 9.17) is 10.1 Å². The van der Waals surface area contributed by atoms with Crippen LogP contribution in [0.2, 0.25) is 0 Å². The highest BCUT2D eigenvalue weighted by Crippen LogP contribution is 2.27. The lowest BCUT2D eigenvalue weighted by Crippen LogP contribution is -2.50. The van der Waals surface area contributed by atoms with Gasteiger partial charge in [0.15, 0.2) is 0 Å². The average Bonchev–Trinajstić information content (AvgIpc) is 3.28. The molecule has 1 unspecified atom stereocenters. The molecule has 1 atom stereocenters. The predicted octanol–water partition coefficient (Wildman–Crippen LogP) is 4.95. The minimum Gasteiger partial charge on any atom is -0.339 e. The largest absolute Gasteiger partial charge is 0.339 e. The van der Waals surface area contributed by atoms with Crippen molar-refractivity contribution in [2.45, 2.75) is 65.7 Å². The number of amides is 1. The van der Waals surface area contributed by atoms with Crippen molar-refractivity contribution in [3.63, 3.8) is 0 Å². The fourth-order valence-corrected chi connectivity index (χ4v) is 4.61. The van der Waals surface area contributed by atoms with Crippen molar-refractivity contribution in [1.29, 1.82) is 0 Å². The summed E-state index contributed by atoms with van der Waals surface area (Å²) >= 11 is 0. The van der Waals surface area contributed by atoms with Gasteiger partial charge in [0.25, 0.3) is 5.78 Å². The Balaban J connectivity index is 1.49. The van der Waals surface area contributed by atoms with Crippen molar-refractivity contribution < 1.29 is 4.79 Å². The summed E-state index contributed by atoms with van der Waals surface area (Å²) in [5.74, 6) is 1.73. The third kappa shape index (κ3) is 5.08. The molecule has 1 aliphatic heterocycles. The maximum Gasteiger partial charge on any atom is 0.254 e. The summed E-state index contributed by atoms with van der Waals surface area (Å²) in [6, 6.07) is 10.6. The highest BCUT2D eigenvalue weighted by molar-refractivity contribution is 5.79. The van der Waals surface area contributed by atoms with Gasteiger partial charge in [-0.3, -0.25) is 4.79 Å². The zero-order chi connectivity index (χ0) is 24.3. The second kappa shape index (κ2) is 10.1. The normalized spacial score (nSPS) is 15.7. The van der Waals surface area contributed by atoms with E-state index in [0.717, 1.165) is 50.0 Å². The van der Waals surface area contributed by atoms with Crippen LogP contribution in [0.5, 0.6) is 0 Å². The van der Waals surface area contributed by atoms with Gasteiger partial charge in [-0.15, -0.1) is 5.10 Å². The van der Waals surface area contributed by atoms with Crippen LogP contribution in [0.25, 0.3) is 17.0 Å². The molecule has 7 nitrogen and oxygen atoms in total. The molecule has 3 heterocycles. The molecule has 1 aliphatic rings. The number of carbonyl (C=O) groups excluding carboxylic acids is 1. The minimum atomic E-state index is 0.114. The fraction of sp³-hybridized carbons (Fsp3) is 0.556. The molecule has 1 saturated heterocycles. The molecule has 0 saturated carbocycles. The Morgan fingerprint density at radius 3 is 2.35 bits per heavy atom. The highest BCUT2D eigenvalue weighted by Gasteiger charge is 2.27. The van der Waals surface area contributed by atoms with Crippen LogP contribution in [0.1, 0.15) is 65.9 Å². The van der Waals surface area contributed by atoms with Crippen LogP contribution >= 0.6 is 0 Å². The van der Waals surface area contributed by atoms with Gasteiger partial charge in [-0.25, -0.2) is 4.98 Å². The number of hydrogen-bond donors (Lipinski definition) is 0. The van der Waals surface area contributed by atoms with E-state index in [2.05, 4.69) is 68.8 Å². The van der Waals surface area contributed by atoms with E-state index in [1.165, 1.54) is 5.56 Å². The van der Waals surface area contributed by atoms with Gasteiger partial charge in [0.1, 0.15) is 0 Å². The summed E-state index contributed by atoms with van der Waals surface area (Å²) in [4.78, 5) is 26.3. The first-order chi connectivity index (χ1) is 16.3. The van der Waals surface area contributed by atoms with Crippen LogP contribution in [0.4, 0.5) is 5.95 Å². The number of hydrogen-bond acceptors (Lipinski definition) is 5. The monoisotopic (exact) mass is 462 g/mol. The number of nitrogens with zero attached hydrogens (tertiary/aromatic N) is 6. The van der Waals surface area contributed by atoms with Gasteiger partial charge >= 0.3 is 0 Å². The van der Waals surface area contributed by atoms with Gasteiger partial charge in [0.05, 0.1) is 5.69 Å². The molecule has 3 aromatic rings. The SMILES string of the molecule is CCCCC(CC)C(=O)N1CCN(c2nc3nccc(-c4ccc(C(C)(C)C)cc4)n3n2)CC1. The third-order valence-electron chi connectivity index (χ3n) is 6.90. The summed E-state index contributed by atoms with van der Waals surface area (Å²) in [5, 5.41) is 4.81. The van der Waals surface area contributed by atoms with Gasteiger partial charge in [0.2, 0.25) is 11.9 Å². The van der Waals surface area contributed by atoms with Crippen LogP contribution in [0.15, 0.2) is 36.5 Å². The first kappa shape index (κ1) is 24.2. The highest BCUT2D eigenvalue weighted by atomic mass is 16.2. The third-order valence-corrected chi connectivity index (χ3v) is 6.90. The molecule has 2 aromatic heterocycles. The van der Waals surface area contributed by atoms with E-state index in [-0.39, 0.29) is 11.3 Å². The standard InChI is InChI=1S/C27H38N6O/c1-6-8-9-20(7-2)24(34)31-16-18-32(19-17-31)26-29-25-28-15-14-23(33(25)30-26)21-10-12-22(13-11-21)27(3,4)5/h10-15,20H,6-9,16-19H2,1-5H3. The van der Waals surface area contributed by atoms with Crippen molar-refractivity contribution >= 4 is 17.6 Å². The Morgan fingerprint density at radius 1 is 1.03 bits per heavy atom. The van der Waals surface area contributed by atoms with Crippen LogP contribution in [0.3, 0.4) is 0 Å². The van der Waals surface area contributed by atoms with Crippen molar-refractivity contribution in [2.75, 3.05) is 31.1 Å². The smallest absolute Gasteiger partial charge is 0.254 e. The lowest BCUT2D eigenvalue weighted by molar-refractivity contribution is -0.136. The van der Waals surface area contributed by atoms with Gasteiger partial charge in [-0.1, -0.05) is 71.7 Å². The maximum absolute atomic E-state index is 13.0. The Kier molecular flexibility index (Phi) is 7.19. The Bertz CT molecular complexity index is 1110. The molecular formula is C27H38N6O. The number of aromatic nitrogens is 4. The van der Waals surface area contributed by atoms with Crippen LogP contribution in [-0.2, 0) is 10.2 Å². The molecule has 4 rings (SSSR count). The first-order valence-electron chi connectivity index (χ1n) is 12.7. The first-order valence-corrected chi connectivity index (χ1v) is 12.7. The van der Waals surface area contributed by atoms with E-state index in [9.17, 15) is 4.79 Å². The van der Waals surface area contributed by atoms with E-state index in [1.807, 2.05) is 15.5 Å². The molecule has 1 fully saturated rings. The van der Waals surface area contributed by atoms with E-state index in [1.54, 1.807) is 6.20 Å². The van der Waals surface area contributed by atoms with Crippen molar-refractivity contribution in [2.24, 2.45) is 5.92 Å². The zero-order valence-corrected chi connectivity index (χ0v) is 21.3. The summed E-state index contributed by atoms with van der Waals surface area (Å²) in [6.07, 6.45) is 5.94. The molecule has 0 spiro atoms. The van der Waals surface area contributed by atoms with Crippen molar-refractivity contribution in [3.05, 3.63) is 42.1 Å². The van der Waals surface area contributed by atoms with Crippen LogP contribution in [-0.4, -0.2) is 56.6 Å². The van der Waals surface area contributed by atoms with Crippen molar-refractivity contribution in [3.8, 4) is 11.3 Å². The molecule has 182 valence electrons. The Morgan fingerprint density at radius 2 is 1.74 bits per heavy atom. The molecule has 0 N–H and O–H groups in total. The second-order valence-corrected chi connectivity index (χ2v) is 10.3. The lowest BCUT2D eigenvalue weighted by atomic mass is 9.86. The van der Waals surface area contributed by atoms with E-state index < -0.39 is 0 Å². The molecule has 1 aromatic carbocycles. The summed E-state index contributed by atoms with van der Waals surface area (Å²) in [5.41, 5.74) is 3.47. The molecule has 1 amide bonds. The topological polar surface area (TPSA) is 66.6 Å². The number of rotatable bonds is 7. The number of carbonyl (C=O) groups is 1. The van der Waals surface area contributed by atoms with E-state index in [0.29, 0.717) is 30.7 Å². The van der Waals surface area contributed by atoms with Gasteiger partial charge in [-0.2, -0.15) is 9.50 Å². The number of anilines is 1. The van der Waals surface area contributed by atoms with Crippen LogP contribution in [0, 0.1) is 5.92 Å². The number of piperazine rings is 1. The predicted molar refractivity (Wildman–Crippen MR) is 137 cm³/mol. The number of fused-ring (bicyclic) bond motifs is 1. The van der Waals surface area contributed by atoms with Gasteiger partial charge in [-0.05, 0) is 29.9 Å². The van der Waals surface area contributed by atoms with Gasteiger partial charge in [0, 0.05) is 43.9 Å². The maximum atomic E-state index is 13.0. The number of benzene rings is 1. The number of unbranched alkanes of at least 4 members (excludes halogenated alkanes) is 1. The molecular weight excluding hydrogens is 424 g/mol. The Labute approximate surface area is 203 Å². The van der Waals surface area contributed by atoms with Gasteiger partial charge < -0.3 is 9.80 Å². The minimum absolute atomic E-state index is 0.114. The van der Waals surface area contributed by atoms with Crippen LogP contribution < -0.4 is 4.90 Å². The van der Waals surface area contributed by atoms with Crippen molar-refractivity contribution in [1.82, 2.24) is 24.5 Å². The fourth-order valence-electron chi connectivity index (χ4n) is 4.61.